The van der Waals surface area contributed by atoms with Gasteiger partial charge in [-0.05, 0) is 68.6 Å². The lowest BCUT2D eigenvalue weighted by atomic mass is 9.55. The van der Waals surface area contributed by atoms with Crippen molar-refractivity contribution >= 4 is 5.97 Å². The number of aliphatic hydroxyl groups is 1. The summed E-state index contributed by atoms with van der Waals surface area (Å²) in [5.74, 6) is 2.38. The van der Waals surface area contributed by atoms with E-state index < -0.39 is 5.97 Å². The predicted molar refractivity (Wildman–Crippen MR) is 102 cm³/mol. The Hall–Kier alpha value is -1.09. The van der Waals surface area contributed by atoms with Crippen LogP contribution in [-0.4, -0.2) is 22.3 Å². The fourth-order valence-electron chi connectivity index (χ4n) is 4.54. The third-order valence-corrected chi connectivity index (χ3v) is 6.05. The Morgan fingerprint density at radius 2 is 1.96 bits per heavy atom. The highest BCUT2D eigenvalue weighted by Gasteiger charge is 2.43. The number of fused-ring (bicyclic) bond motifs is 2. The highest BCUT2D eigenvalue weighted by atomic mass is 16.4. The average molecular weight is 349 g/mol. The molecule has 3 aliphatic carbocycles. The third-order valence-electron chi connectivity index (χ3n) is 6.05. The molecule has 0 aromatic heterocycles. The number of aliphatic hydroxyl groups excluding tert-OH is 1. The van der Waals surface area contributed by atoms with E-state index in [2.05, 4.69) is 31.2 Å². The summed E-state index contributed by atoms with van der Waals surface area (Å²) in [5, 5.41) is 18.8. The van der Waals surface area contributed by atoms with Crippen molar-refractivity contribution in [1.29, 1.82) is 0 Å². The topological polar surface area (TPSA) is 57.5 Å². The lowest BCUT2D eigenvalue weighted by Crippen LogP contribution is -2.41. The number of carboxylic acid groups (broad SMARTS) is 1. The molecule has 0 saturated heterocycles. The van der Waals surface area contributed by atoms with E-state index in [9.17, 15) is 9.90 Å². The van der Waals surface area contributed by atoms with Crippen molar-refractivity contribution in [3.05, 3.63) is 24.3 Å². The van der Waals surface area contributed by atoms with Crippen molar-refractivity contribution in [1.82, 2.24) is 0 Å². The molecular formula is C22H36O3. The van der Waals surface area contributed by atoms with Gasteiger partial charge >= 0.3 is 5.97 Å². The van der Waals surface area contributed by atoms with Crippen molar-refractivity contribution in [3.63, 3.8) is 0 Å². The third kappa shape index (κ3) is 6.97. The second-order valence-electron chi connectivity index (χ2n) is 8.10. The van der Waals surface area contributed by atoms with Gasteiger partial charge < -0.3 is 10.2 Å². The zero-order chi connectivity index (χ0) is 18.1. The lowest BCUT2D eigenvalue weighted by Gasteiger charge is -2.50. The van der Waals surface area contributed by atoms with Gasteiger partial charge in [-0.1, -0.05) is 50.5 Å². The summed E-state index contributed by atoms with van der Waals surface area (Å²) < 4.78 is 0. The monoisotopic (exact) mass is 348 g/mol. The molecule has 1 unspecified atom stereocenters. The van der Waals surface area contributed by atoms with E-state index in [-0.39, 0.29) is 12.5 Å². The zero-order valence-corrected chi connectivity index (χ0v) is 15.8. The summed E-state index contributed by atoms with van der Waals surface area (Å²) in [5.41, 5.74) is 0. The maximum Gasteiger partial charge on any atom is 0.303 e. The molecule has 3 heteroatoms. The fourth-order valence-corrected chi connectivity index (χ4v) is 4.54. The second-order valence-corrected chi connectivity index (χ2v) is 8.10. The van der Waals surface area contributed by atoms with Crippen LogP contribution in [0.5, 0.6) is 0 Å². The minimum Gasteiger partial charge on any atom is -0.481 e. The molecule has 142 valence electrons. The van der Waals surface area contributed by atoms with Gasteiger partial charge in [-0.25, -0.2) is 0 Å². The van der Waals surface area contributed by atoms with E-state index in [0.717, 1.165) is 43.9 Å². The Balaban J connectivity index is 1.76. The molecule has 3 aliphatic rings. The summed E-state index contributed by atoms with van der Waals surface area (Å²) >= 11 is 0. The van der Waals surface area contributed by atoms with E-state index in [1.54, 1.807) is 0 Å². The molecule has 3 rings (SSSR count). The largest absolute Gasteiger partial charge is 0.481 e. The van der Waals surface area contributed by atoms with Crippen molar-refractivity contribution in [2.75, 3.05) is 0 Å². The summed E-state index contributed by atoms with van der Waals surface area (Å²) in [7, 11) is 0. The number of hydrogen-bond acceptors (Lipinski definition) is 2. The minimum atomic E-state index is -0.705. The first kappa shape index (κ1) is 20.2. The van der Waals surface area contributed by atoms with Crippen LogP contribution in [0.25, 0.3) is 0 Å². The van der Waals surface area contributed by atoms with Crippen molar-refractivity contribution in [3.8, 4) is 0 Å². The van der Waals surface area contributed by atoms with Crippen LogP contribution in [-0.2, 0) is 4.79 Å². The first-order valence-electron chi connectivity index (χ1n) is 10.3. The number of aliphatic carboxylic acids is 1. The molecule has 0 radical (unpaired) electrons. The van der Waals surface area contributed by atoms with E-state index in [1.807, 2.05) is 0 Å². The number of carbonyl (C=O) groups is 1. The van der Waals surface area contributed by atoms with Crippen LogP contribution in [0.15, 0.2) is 24.3 Å². The van der Waals surface area contributed by atoms with Gasteiger partial charge in [-0.3, -0.25) is 4.79 Å². The van der Waals surface area contributed by atoms with Gasteiger partial charge in [0.2, 0.25) is 0 Å². The average Bonchev–Trinajstić information content (AvgIpc) is 2.55. The van der Waals surface area contributed by atoms with E-state index in [4.69, 9.17) is 5.11 Å². The fraction of sp³-hybridized carbons (Fsp3) is 0.773. The normalized spacial score (nSPS) is 29.8. The number of carboxylic acids is 1. The van der Waals surface area contributed by atoms with E-state index in [1.165, 1.54) is 32.1 Å². The molecule has 0 heterocycles. The van der Waals surface area contributed by atoms with Gasteiger partial charge in [-0.15, -0.1) is 0 Å². The van der Waals surface area contributed by atoms with Crippen LogP contribution in [0.2, 0.25) is 0 Å². The van der Waals surface area contributed by atoms with Crippen LogP contribution >= 0.6 is 0 Å². The van der Waals surface area contributed by atoms with Crippen LogP contribution < -0.4 is 0 Å². The van der Waals surface area contributed by atoms with Crippen LogP contribution in [0, 0.1) is 23.7 Å². The first-order chi connectivity index (χ1) is 12.1. The smallest absolute Gasteiger partial charge is 0.303 e. The standard InChI is InChI=1S/C22H36O3/c1-2-3-6-9-20(23)13-12-18-14-17-15-19(16-17)21(18)10-7-4-5-8-11-22(24)25/h4,7,12-13,17-21,23H,2-3,5-6,8-11,14-16H2,1H3,(H,24,25)/b7-4+,13-12+/t17?,18?,19?,20-,21+/m0/s1. The molecule has 0 aromatic carbocycles. The quantitative estimate of drug-likeness (QED) is 0.369. The Bertz CT molecular complexity index is 448. The molecule has 2 N–H and O–H groups in total. The number of unbranched alkanes of at least 4 members (excludes halogenated alkanes) is 3. The van der Waals surface area contributed by atoms with Gasteiger partial charge in [0.05, 0.1) is 6.10 Å². The maximum absolute atomic E-state index is 10.5. The van der Waals surface area contributed by atoms with Crippen molar-refractivity contribution in [2.24, 2.45) is 23.7 Å². The van der Waals surface area contributed by atoms with Crippen molar-refractivity contribution < 1.29 is 15.0 Å². The molecule has 0 aliphatic heterocycles. The maximum atomic E-state index is 10.5. The zero-order valence-electron chi connectivity index (χ0n) is 15.8. The van der Waals surface area contributed by atoms with Gasteiger partial charge in [-0.2, -0.15) is 0 Å². The lowest BCUT2D eigenvalue weighted by molar-refractivity contribution is -0.137. The molecule has 3 atom stereocenters. The molecular weight excluding hydrogens is 312 g/mol. The molecule has 2 bridgehead atoms. The predicted octanol–water partition coefficient (Wildman–Crippen LogP) is 5.35. The summed E-state index contributed by atoms with van der Waals surface area (Å²) in [4.78, 5) is 10.5. The van der Waals surface area contributed by atoms with Crippen LogP contribution in [0.4, 0.5) is 0 Å². The molecule has 0 amide bonds. The summed E-state index contributed by atoms with van der Waals surface area (Å²) in [6.45, 7) is 2.19. The Kier molecular flexibility index (Phi) is 8.74. The molecule has 3 saturated carbocycles. The number of rotatable bonds is 12. The summed E-state index contributed by atoms with van der Waals surface area (Å²) in [6.07, 6.45) is 19.9. The molecule has 0 aromatic rings. The molecule has 3 fully saturated rings. The van der Waals surface area contributed by atoms with Crippen LogP contribution in [0.1, 0.15) is 77.6 Å². The van der Waals surface area contributed by atoms with Gasteiger partial charge in [0, 0.05) is 6.42 Å². The van der Waals surface area contributed by atoms with Crippen LogP contribution in [0.3, 0.4) is 0 Å². The van der Waals surface area contributed by atoms with Gasteiger partial charge in [0.25, 0.3) is 0 Å². The first-order valence-corrected chi connectivity index (χ1v) is 10.3. The molecule has 0 spiro atoms. The Labute approximate surface area is 153 Å². The Morgan fingerprint density at radius 3 is 2.68 bits per heavy atom. The van der Waals surface area contributed by atoms with Gasteiger partial charge in [0.15, 0.2) is 0 Å². The van der Waals surface area contributed by atoms with Crippen molar-refractivity contribution in [2.45, 2.75) is 83.7 Å². The Morgan fingerprint density at radius 1 is 1.16 bits per heavy atom. The SMILES string of the molecule is CCCCC[C@H](O)/C=C/C1CC2CC(C2)[C@@H]1C/C=C/CCCC(=O)O. The highest BCUT2D eigenvalue weighted by Crippen LogP contribution is 2.53. The molecule has 3 nitrogen and oxygen atoms in total. The number of allylic oxidation sites excluding steroid dienone is 3. The second kappa shape index (κ2) is 10.8. The summed E-state index contributed by atoms with van der Waals surface area (Å²) in [6, 6.07) is 0. The van der Waals surface area contributed by atoms with E-state index in [0.29, 0.717) is 11.8 Å². The highest BCUT2D eigenvalue weighted by molar-refractivity contribution is 5.66. The minimum absolute atomic E-state index is 0.263. The van der Waals surface area contributed by atoms with E-state index >= 15 is 0 Å². The van der Waals surface area contributed by atoms with Gasteiger partial charge in [0.1, 0.15) is 0 Å². The number of hydrogen-bond donors (Lipinski definition) is 2. The molecule has 25 heavy (non-hydrogen) atoms.